The molecule has 2 N–H and O–H groups in total. The number of halogens is 1. The molecule has 4 aromatic rings. The molecule has 0 aliphatic carbocycles. The molecule has 3 aromatic carbocycles. The number of hydrogen-bond acceptors (Lipinski definition) is 4. The zero-order valence-electron chi connectivity index (χ0n) is 22.6. The number of nitrogens with one attached hydrogen (secondary N) is 1. The number of nitrogens with zero attached hydrogens (tertiary/aromatic N) is 1. The number of amides is 1. The summed E-state index contributed by atoms with van der Waals surface area (Å²) < 4.78 is 19.2. The van der Waals surface area contributed by atoms with Crippen LogP contribution in [-0.2, 0) is 21.5 Å². The number of para-hydroxylation sites is 1. The highest BCUT2D eigenvalue weighted by atomic mass is 19.1. The van der Waals surface area contributed by atoms with Gasteiger partial charge in [0.15, 0.2) is 0 Å². The Morgan fingerprint density at radius 1 is 1.05 bits per heavy atom. The number of aromatic nitrogens is 1. The molecular weight excluding hydrogens is 495 g/mol. The van der Waals surface area contributed by atoms with E-state index in [1.165, 1.54) is 24.1 Å². The summed E-state index contributed by atoms with van der Waals surface area (Å²) >= 11 is 0. The van der Waals surface area contributed by atoms with Crippen molar-refractivity contribution in [3.8, 4) is 5.75 Å². The minimum Gasteiger partial charge on any atom is -0.507 e. The lowest BCUT2D eigenvalue weighted by Gasteiger charge is -2.26. The Kier molecular flexibility index (Phi) is 6.54. The number of fused-ring (bicyclic) bond motifs is 1. The van der Waals surface area contributed by atoms with Crippen LogP contribution in [0.25, 0.3) is 16.7 Å². The normalized spacial score (nSPS) is 17.3. The van der Waals surface area contributed by atoms with Gasteiger partial charge in [-0.25, -0.2) is 4.39 Å². The van der Waals surface area contributed by atoms with E-state index >= 15 is 0 Å². The molecule has 39 heavy (non-hydrogen) atoms. The summed E-state index contributed by atoms with van der Waals surface area (Å²) in [4.78, 5) is 32.1. The minimum atomic E-state index is -0.880. The molecule has 7 heteroatoms. The number of hydrogen-bond donors (Lipinski definition) is 2. The fourth-order valence-electron chi connectivity index (χ4n) is 5.29. The third-order valence-electron chi connectivity index (χ3n) is 7.34. The van der Waals surface area contributed by atoms with Crippen LogP contribution in [0.2, 0.25) is 0 Å². The molecular formula is C32H31FN2O4. The largest absolute Gasteiger partial charge is 0.507 e. The molecule has 1 atom stereocenters. The van der Waals surface area contributed by atoms with Crippen LogP contribution in [0, 0.1) is 12.7 Å². The predicted molar refractivity (Wildman–Crippen MR) is 149 cm³/mol. The summed E-state index contributed by atoms with van der Waals surface area (Å²) in [6.45, 7) is 8.10. The number of likely N-dealkylation sites (tertiary alicyclic amines) is 1. The van der Waals surface area contributed by atoms with Crippen LogP contribution < -0.4 is 4.74 Å². The molecule has 1 fully saturated rings. The Morgan fingerprint density at radius 2 is 1.74 bits per heavy atom. The second-order valence-corrected chi connectivity index (χ2v) is 10.9. The van der Waals surface area contributed by atoms with Gasteiger partial charge in [0, 0.05) is 28.7 Å². The molecule has 0 saturated carbocycles. The molecule has 200 valence electrons. The first-order chi connectivity index (χ1) is 18.5. The fraction of sp³-hybridized carbons (Fsp3) is 0.250. The van der Waals surface area contributed by atoms with Crippen molar-refractivity contribution in [3.05, 3.63) is 106 Å². The molecule has 0 bridgehead atoms. The molecule has 1 amide bonds. The summed E-state index contributed by atoms with van der Waals surface area (Å²) in [5.41, 5.74) is 4.03. The maximum Gasteiger partial charge on any atom is 0.295 e. The highest BCUT2D eigenvalue weighted by Crippen LogP contribution is 2.45. The van der Waals surface area contributed by atoms with E-state index in [2.05, 4.69) is 25.8 Å². The molecule has 1 aliphatic heterocycles. The van der Waals surface area contributed by atoms with Crippen molar-refractivity contribution in [3.63, 3.8) is 0 Å². The first-order valence-corrected chi connectivity index (χ1v) is 12.8. The van der Waals surface area contributed by atoms with Crippen LogP contribution in [0.4, 0.5) is 4.39 Å². The van der Waals surface area contributed by atoms with E-state index in [1.54, 1.807) is 24.3 Å². The molecule has 1 aromatic heterocycles. The van der Waals surface area contributed by atoms with Crippen LogP contribution >= 0.6 is 0 Å². The van der Waals surface area contributed by atoms with Gasteiger partial charge in [0.05, 0.1) is 24.3 Å². The smallest absolute Gasteiger partial charge is 0.295 e. The Morgan fingerprint density at radius 3 is 2.41 bits per heavy atom. The van der Waals surface area contributed by atoms with Crippen LogP contribution in [0.1, 0.15) is 54.8 Å². The molecule has 1 saturated heterocycles. The number of ether oxygens (including phenoxy) is 1. The SMILES string of the molecule is COc1ccc(C(C)(C)C)cc1/C(O)=C1\C(=O)C(=O)N(Cc2ccc(F)cc2)C1c1c(C)[nH]c2ccccc12. The molecule has 2 heterocycles. The maximum absolute atomic E-state index is 13.7. The second-order valence-electron chi connectivity index (χ2n) is 10.9. The van der Waals surface area contributed by atoms with E-state index in [9.17, 15) is 19.1 Å². The zero-order valence-corrected chi connectivity index (χ0v) is 22.6. The van der Waals surface area contributed by atoms with Crippen molar-refractivity contribution in [2.24, 2.45) is 0 Å². The summed E-state index contributed by atoms with van der Waals surface area (Å²) in [5, 5.41) is 12.6. The van der Waals surface area contributed by atoms with Gasteiger partial charge in [-0.2, -0.15) is 0 Å². The van der Waals surface area contributed by atoms with Gasteiger partial charge >= 0.3 is 0 Å². The van der Waals surface area contributed by atoms with Gasteiger partial charge in [0.1, 0.15) is 17.3 Å². The number of Topliss-reactive ketones (excluding diaryl/α,β-unsaturated/α-hetero) is 1. The number of benzene rings is 3. The van der Waals surface area contributed by atoms with Gasteiger partial charge in [-0.15, -0.1) is 0 Å². The molecule has 1 unspecified atom stereocenters. The van der Waals surface area contributed by atoms with E-state index < -0.39 is 23.5 Å². The third kappa shape index (κ3) is 4.58. The fourth-order valence-corrected chi connectivity index (χ4v) is 5.29. The summed E-state index contributed by atoms with van der Waals surface area (Å²) in [6, 6.07) is 18.1. The Labute approximate surface area is 226 Å². The number of H-pyrrole nitrogens is 1. The van der Waals surface area contributed by atoms with Crippen LogP contribution in [-0.4, -0.2) is 33.8 Å². The van der Waals surface area contributed by atoms with Gasteiger partial charge in [-0.05, 0) is 53.8 Å². The van der Waals surface area contributed by atoms with E-state index in [1.807, 2.05) is 37.3 Å². The lowest BCUT2D eigenvalue weighted by Crippen LogP contribution is -2.29. The van der Waals surface area contributed by atoms with Crippen molar-refractivity contribution >= 4 is 28.4 Å². The van der Waals surface area contributed by atoms with Gasteiger partial charge in [0.25, 0.3) is 11.7 Å². The maximum atomic E-state index is 13.7. The lowest BCUT2D eigenvalue weighted by atomic mass is 9.85. The van der Waals surface area contributed by atoms with Gasteiger partial charge in [0.2, 0.25) is 0 Å². The van der Waals surface area contributed by atoms with Gasteiger partial charge in [-0.1, -0.05) is 57.2 Å². The van der Waals surface area contributed by atoms with Crippen molar-refractivity contribution in [1.82, 2.24) is 9.88 Å². The number of methoxy groups -OCH3 is 1. The average Bonchev–Trinajstić information content (AvgIpc) is 3.36. The molecule has 5 rings (SSSR count). The molecule has 1 aliphatic rings. The number of aryl methyl sites for hydroxylation is 1. The summed E-state index contributed by atoms with van der Waals surface area (Å²) in [7, 11) is 1.50. The Balaban J connectivity index is 1.77. The number of carbonyl (C=O) groups excluding carboxylic acids is 2. The Bertz CT molecular complexity index is 1630. The van der Waals surface area contributed by atoms with Crippen LogP contribution in [0.3, 0.4) is 0 Å². The predicted octanol–water partition coefficient (Wildman–Crippen LogP) is 6.54. The number of aliphatic hydroxyl groups excluding tert-OH is 1. The number of rotatable bonds is 5. The number of aromatic amines is 1. The monoisotopic (exact) mass is 526 g/mol. The Hall–Kier alpha value is -4.39. The van der Waals surface area contributed by atoms with Crippen molar-refractivity contribution in [2.45, 2.75) is 45.7 Å². The quantitative estimate of drug-likeness (QED) is 0.176. The minimum absolute atomic E-state index is 0.0145. The standard InChI is InChI=1S/C32H31FN2O4/c1-18-26(22-8-6-7-9-24(22)34-18)28-27(29(36)23-16-20(32(2,3)4)12-15-25(23)39-5)30(37)31(38)35(28)17-19-10-13-21(33)14-11-19/h6-16,28,34,36H,17H2,1-5H3/b29-27+. The van der Waals surface area contributed by atoms with E-state index in [4.69, 9.17) is 4.74 Å². The van der Waals surface area contributed by atoms with Gasteiger partial charge < -0.3 is 19.7 Å². The molecule has 0 radical (unpaired) electrons. The van der Waals surface area contributed by atoms with E-state index in [-0.39, 0.29) is 23.3 Å². The highest BCUT2D eigenvalue weighted by molar-refractivity contribution is 6.46. The summed E-state index contributed by atoms with van der Waals surface area (Å²) in [6.07, 6.45) is 0. The number of aliphatic hydroxyl groups is 1. The molecule has 6 nitrogen and oxygen atoms in total. The second kappa shape index (κ2) is 9.73. The lowest BCUT2D eigenvalue weighted by molar-refractivity contribution is -0.140. The van der Waals surface area contributed by atoms with Crippen LogP contribution in [0.15, 0.2) is 72.3 Å². The van der Waals surface area contributed by atoms with Crippen LogP contribution in [0.5, 0.6) is 5.75 Å². The van der Waals surface area contributed by atoms with Crippen molar-refractivity contribution in [2.75, 3.05) is 7.11 Å². The highest BCUT2D eigenvalue weighted by Gasteiger charge is 2.47. The number of carbonyl (C=O) groups is 2. The third-order valence-corrected chi connectivity index (χ3v) is 7.34. The molecule has 0 spiro atoms. The van der Waals surface area contributed by atoms with E-state index in [0.717, 1.165) is 27.7 Å². The summed E-state index contributed by atoms with van der Waals surface area (Å²) in [5.74, 6) is -1.82. The topological polar surface area (TPSA) is 82.6 Å². The first kappa shape index (κ1) is 26.2. The zero-order chi connectivity index (χ0) is 28.1. The number of ketones is 1. The van der Waals surface area contributed by atoms with E-state index in [0.29, 0.717) is 16.9 Å². The van der Waals surface area contributed by atoms with Gasteiger partial charge in [-0.3, -0.25) is 9.59 Å². The average molecular weight is 527 g/mol. The van der Waals surface area contributed by atoms with Crippen molar-refractivity contribution in [1.29, 1.82) is 0 Å². The first-order valence-electron chi connectivity index (χ1n) is 12.8. The van der Waals surface area contributed by atoms with Crippen molar-refractivity contribution < 1.29 is 23.8 Å².